The van der Waals surface area contributed by atoms with Gasteiger partial charge >= 0.3 is 11.9 Å². The summed E-state index contributed by atoms with van der Waals surface area (Å²) in [4.78, 5) is 33.2. The number of allylic oxidation sites excluding steroid dienone is 1. The second-order valence-corrected chi connectivity index (χ2v) is 3.49. The third-order valence-electron chi connectivity index (χ3n) is 1.97. The standard InChI is InChI=1S/C12H19NO5/c1-4-18-12(16)10(13-9(2)14)7-5-6-8-11(15)17-3/h7H,4-6,8H2,1-3H3,(H,13,14)/b10-7+. The van der Waals surface area contributed by atoms with E-state index in [1.165, 1.54) is 14.0 Å². The largest absolute Gasteiger partial charge is 0.469 e. The Morgan fingerprint density at radius 1 is 1.28 bits per heavy atom. The van der Waals surface area contributed by atoms with Crippen molar-refractivity contribution >= 4 is 17.8 Å². The molecule has 0 fully saturated rings. The third-order valence-corrected chi connectivity index (χ3v) is 1.97. The Balaban J connectivity index is 4.32. The molecule has 6 heteroatoms. The van der Waals surface area contributed by atoms with Gasteiger partial charge in [0.15, 0.2) is 0 Å². The van der Waals surface area contributed by atoms with Crippen LogP contribution in [-0.4, -0.2) is 31.6 Å². The van der Waals surface area contributed by atoms with E-state index in [0.29, 0.717) is 12.8 Å². The Labute approximate surface area is 106 Å². The number of carbonyl (C=O) groups is 3. The van der Waals surface area contributed by atoms with Gasteiger partial charge in [-0.1, -0.05) is 6.08 Å². The predicted molar refractivity (Wildman–Crippen MR) is 64.4 cm³/mol. The zero-order valence-electron chi connectivity index (χ0n) is 10.9. The van der Waals surface area contributed by atoms with E-state index >= 15 is 0 Å². The zero-order chi connectivity index (χ0) is 14.0. The van der Waals surface area contributed by atoms with Crippen LogP contribution in [0.25, 0.3) is 0 Å². The molecule has 0 aromatic heterocycles. The first kappa shape index (κ1) is 16.1. The molecule has 1 amide bonds. The maximum Gasteiger partial charge on any atom is 0.354 e. The lowest BCUT2D eigenvalue weighted by Gasteiger charge is -2.07. The molecule has 0 aliphatic rings. The number of esters is 2. The Morgan fingerprint density at radius 2 is 1.94 bits per heavy atom. The summed E-state index contributed by atoms with van der Waals surface area (Å²) >= 11 is 0. The molecule has 1 N–H and O–H groups in total. The van der Waals surface area contributed by atoms with E-state index in [2.05, 4.69) is 10.1 Å². The van der Waals surface area contributed by atoms with Gasteiger partial charge in [-0.05, 0) is 19.8 Å². The van der Waals surface area contributed by atoms with Crippen molar-refractivity contribution in [2.45, 2.75) is 33.1 Å². The second-order valence-electron chi connectivity index (χ2n) is 3.49. The quantitative estimate of drug-likeness (QED) is 0.416. The third kappa shape index (κ3) is 7.43. The normalized spacial score (nSPS) is 10.7. The highest BCUT2D eigenvalue weighted by Gasteiger charge is 2.11. The van der Waals surface area contributed by atoms with Gasteiger partial charge in [0.1, 0.15) is 5.70 Å². The highest BCUT2D eigenvalue weighted by Crippen LogP contribution is 2.03. The van der Waals surface area contributed by atoms with Crippen LogP contribution >= 0.6 is 0 Å². The molecular weight excluding hydrogens is 238 g/mol. The van der Waals surface area contributed by atoms with Gasteiger partial charge in [-0.2, -0.15) is 0 Å². The summed E-state index contributed by atoms with van der Waals surface area (Å²) in [6, 6.07) is 0. The van der Waals surface area contributed by atoms with Gasteiger partial charge in [0, 0.05) is 13.3 Å². The van der Waals surface area contributed by atoms with Crippen LogP contribution < -0.4 is 5.32 Å². The fourth-order valence-electron chi connectivity index (χ4n) is 1.18. The highest BCUT2D eigenvalue weighted by molar-refractivity contribution is 5.93. The first-order valence-electron chi connectivity index (χ1n) is 5.73. The summed E-state index contributed by atoms with van der Waals surface area (Å²) in [6.45, 7) is 3.22. The van der Waals surface area contributed by atoms with Crippen molar-refractivity contribution in [2.24, 2.45) is 0 Å². The first-order chi connectivity index (χ1) is 8.51. The lowest BCUT2D eigenvalue weighted by molar-refractivity contribution is -0.140. The summed E-state index contributed by atoms with van der Waals surface area (Å²) in [5.41, 5.74) is 0.106. The van der Waals surface area contributed by atoms with Crippen molar-refractivity contribution in [3.8, 4) is 0 Å². The molecular formula is C12H19NO5. The SMILES string of the molecule is CCOC(=O)/C(=C\CCCC(=O)OC)NC(C)=O. The van der Waals surface area contributed by atoms with Crippen LogP contribution in [0.2, 0.25) is 0 Å². The Bertz CT molecular complexity index is 335. The lowest BCUT2D eigenvalue weighted by Crippen LogP contribution is -2.26. The highest BCUT2D eigenvalue weighted by atomic mass is 16.5. The summed E-state index contributed by atoms with van der Waals surface area (Å²) in [7, 11) is 1.32. The van der Waals surface area contributed by atoms with Crippen molar-refractivity contribution in [2.75, 3.05) is 13.7 Å². The smallest absolute Gasteiger partial charge is 0.354 e. The number of hydrogen-bond acceptors (Lipinski definition) is 5. The van der Waals surface area contributed by atoms with Crippen LogP contribution in [0.5, 0.6) is 0 Å². The fraction of sp³-hybridized carbons (Fsp3) is 0.583. The molecule has 0 aromatic carbocycles. The molecule has 18 heavy (non-hydrogen) atoms. The average Bonchev–Trinajstić information content (AvgIpc) is 2.32. The van der Waals surface area contributed by atoms with Crippen LogP contribution in [0, 0.1) is 0 Å². The van der Waals surface area contributed by atoms with Crippen LogP contribution in [0.15, 0.2) is 11.8 Å². The minimum absolute atomic E-state index is 0.106. The zero-order valence-corrected chi connectivity index (χ0v) is 10.9. The van der Waals surface area contributed by atoms with Gasteiger partial charge in [0.05, 0.1) is 13.7 Å². The van der Waals surface area contributed by atoms with Gasteiger partial charge in [0.2, 0.25) is 5.91 Å². The molecule has 0 saturated heterocycles. The molecule has 0 aliphatic heterocycles. The minimum Gasteiger partial charge on any atom is -0.469 e. The van der Waals surface area contributed by atoms with Crippen LogP contribution in [0.3, 0.4) is 0 Å². The van der Waals surface area contributed by atoms with Crippen molar-refractivity contribution in [3.05, 3.63) is 11.8 Å². The van der Waals surface area contributed by atoms with Crippen LogP contribution in [0.1, 0.15) is 33.1 Å². The summed E-state index contributed by atoms with van der Waals surface area (Å²) in [5, 5.41) is 2.40. The average molecular weight is 257 g/mol. The van der Waals surface area contributed by atoms with E-state index < -0.39 is 5.97 Å². The molecule has 0 aliphatic carbocycles. The molecule has 0 aromatic rings. The molecule has 0 radical (unpaired) electrons. The van der Waals surface area contributed by atoms with E-state index in [1.54, 1.807) is 13.0 Å². The van der Waals surface area contributed by atoms with Gasteiger partial charge in [0.25, 0.3) is 0 Å². The summed E-state index contributed by atoms with van der Waals surface area (Å²) < 4.78 is 9.28. The number of unbranched alkanes of at least 4 members (excludes halogenated alkanes) is 1. The molecule has 0 atom stereocenters. The molecule has 0 rings (SSSR count). The Morgan fingerprint density at radius 3 is 2.44 bits per heavy atom. The van der Waals surface area contributed by atoms with Gasteiger partial charge < -0.3 is 14.8 Å². The topological polar surface area (TPSA) is 81.7 Å². The fourth-order valence-corrected chi connectivity index (χ4v) is 1.18. The monoisotopic (exact) mass is 257 g/mol. The minimum atomic E-state index is -0.578. The van der Waals surface area contributed by atoms with E-state index in [-0.39, 0.29) is 30.6 Å². The van der Waals surface area contributed by atoms with E-state index in [0.717, 1.165) is 0 Å². The van der Waals surface area contributed by atoms with Crippen molar-refractivity contribution in [3.63, 3.8) is 0 Å². The molecule has 0 spiro atoms. The molecule has 0 saturated carbocycles. The summed E-state index contributed by atoms with van der Waals surface area (Å²) in [5.74, 6) is -1.23. The number of carbonyl (C=O) groups excluding carboxylic acids is 3. The molecule has 0 unspecified atom stereocenters. The number of rotatable bonds is 7. The molecule has 102 valence electrons. The maximum atomic E-state index is 11.5. The van der Waals surface area contributed by atoms with Crippen LogP contribution in [-0.2, 0) is 23.9 Å². The number of methoxy groups -OCH3 is 1. The number of amides is 1. The van der Waals surface area contributed by atoms with E-state index in [1.807, 2.05) is 0 Å². The predicted octanol–water partition coefficient (Wildman–Crippen LogP) is 0.913. The van der Waals surface area contributed by atoms with Gasteiger partial charge in [-0.25, -0.2) is 4.79 Å². The van der Waals surface area contributed by atoms with Gasteiger partial charge in [-0.3, -0.25) is 9.59 Å². The number of nitrogens with one attached hydrogen (secondary N) is 1. The summed E-state index contributed by atoms with van der Waals surface area (Å²) in [6.07, 6.45) is 2.82. The Kier molecular flexibility index (Phi) is 8.26. The molecule has 0 bridgehead atoms. The lowest BCUT2D eigenvalue weighted by atomic mass is 10.2. The van der Waals surface area contributed by atoms with E-state index in [9.17, 15) is 14.4 Å². The number of ether oxygens (including phenoxy) is 2. The molecule has 0 heterocycles. The second kappa shape index (κ2) is 9.21. The van der Waals surface area contributed by atoms with Gasteiger partial charge in [-0.15, -0.1) is 0 Å². The van der Waals surface area contributed by atoms with Crippen molar-refractivity contribution in [1.82, 2.24) is 5.32 Å². The number of hydrogen-bond donors (Lipinski definition) is 1. The molecule has 6 nitrogen and oxygen atoms in total. The van der Waals surface area contributed by atoms with Crippen molar-refractivity contribution in [1.29, 1.82) is 0 Å². The first-order valence-corrected chi connectivity index (χ1v) is 5.73. The van der Waals surface area contributed by atoms with E-state index in [4.69, 9.17) is 4.74 Å². The Hall–Kier alpha value is -1.85. The van der Waals surface area contributed by atoms with Crippen molar-refractivity contribution < 1.29 is 23.9 Å². The maximum absolute atomic E-state index is 11.5. The van der Waals surface area contributed by atoms with Crippen LogP contribution in [0.4, 0.5) is 0 Å².